The highest BCUT2D eigenvalue weighted by Crippen LogP contribution is 2.28. The Morgan fingerprint density at radius 3 is 2.43 bits per heavy atom. The van der Waals surface area contributed by atoms with Gasteiger partial charge in [-0.1, -0.05) is 53.0 Å². The van der Waals surface area contributed by atoms with Gasteiger partial charge in [0.1, 0.15) is 5.82 Å². The molecule has 3 aromatic rings. The fourth-order valence-electron chi connectivity index (χ4n) is 2.47. The Morgan fingerprint density at radius 1 is 0.957 bits per heavy atom. The van der Waals surface area contributed by atoms with Gasteiger partial charge in [0.05, 0.1) is 5.69 Å². The highest BCUT2D eigenvalue weighted by atomic mass is 35.5. The van der Waals surface area contributed by atoms with Gasteiger partial charge in [0, 0.05) is 32.7 Å². The first-order chi connectivity index (χ1) is 10.9. The van der Waals surface area contributed by atoms with Crippen LogP contribution in [-0.4, -0.2) is 9.97 Å². The Balaban J connectivity index is 1.93. The summed E-state index contributed by atoms with van der Waals surface area (Å²) in [5.74, 6) is 0.860. The predicted molar refractivity (Wildman–Crippen MR) is 97.8 cm³/mol. The molecule has 0 saturated heterocycles. The number of hydrogen-bond donors (Lipinski definition) is 1. The maximum absolute atomic E-state index is 6.24. The Bertz CT molecular complexity index is 869. The number of nitrogens with zero attached hydrogens (tertiary/aromatic N) is 1. The zero-order chi connectivity index (χ0) is 16.6. The van der Waals surface area contributed by atoms with Crippen LogP contribution >= 0.6 is 34.8 Å². The number of aromatic amines is 1. The second kappa shape index (κ2) is 6.56. The summed E-state index contributed by atoms with van der Waals surface area (Å²) in [4.78, 5) is 8.03. The van der Waals surface area contributed by atoms with Crippen LogP contribution in [0.5, 0.6) is 0 Å². The molecular formula is C18H15Cl3N2. The van der Waals surface area contributed by atoms with Gasteiger partial charge in [-0.25, -0.2) is 4.98 Å². The number of H-pyrrole nitrogens is 1. The average Bonchev–Trinajstić information content (AvgIpc) is 2.86. The van der Waals surface area contributed by atoms with E-state index < -0.39 is 0 Å². The summed E-state index contributed by atoms with van der Waals surface area (Å²) in [6, 6.07) is 11.5. The third-order valence-electron chi connectivity index (χ3n) is 3.75. The number of imidazole rings is 1. The maximum Gasteiger partial charge on any atom is 0.111 e. The van der Waals surface area contributed by atoms with Crippen LogP contribution in [0.4, 0.5) is 0 Å². The summed E-state index contributed by atoms with van der Waals surface area (Å²) >= 11 is 18.4. The molecule has 1 heterocycles. The summed E-state index contributed by atoms with van der Waals surface area (Å²) in [5.41, 5.74) is 4.95. The standard InChI is InChI=1S/C18H15Cl3N2/c1-10-3-4-13(7-15(10)20)18-11(2)22-17(23-18)8-12-5-6-14(19)9-16(12)21/h3-7,9H,8H2,1-2H3,(H,22,23). The lowest BCUT2D eigenvalue weighted by atomic mass is 10.1. The van der Waals surface area contributed by atoms with Crippen molar-refractivity contribution in [2.45, 2.75) is 20.3 Å². The maximum atomic E-state index is 6.24. The molecule has 0 bridgehead atoms. The Morgan fingerprint density at radius 2 is 1.74 bits per heavy atom. The van der Waals surface area contributed by atoms with Gasteiger partial charge in [0.15, 0.2) is 0 Å². The first-order valence-electron chi connectivity index (χ1n) is 7.20. The molecule has 118 valence electrons. The molecule has 5 heteroatoms. The van der Waals surface area contributed by atoms with E-state index in [0.717, 1.165) is 38.9 Å². The minimum atomic E-state index is 0.621. The van der Waals surface area contributed by atoms with Crippen LogP contribution < -0.4 is 0 Å². The van der Waals surface area contributed by atoms with Gasteiger partial charge in [0.2, 0.25) is 0 Å². The number of hydrogen-bond acceptors (Lipinski definition) is 1. The van der Waals surface area contributed by atoms with Crippen molar-refractivity contribution in [3.63, 3.8) is 0 Å². The van der Waals surface area contributed by atoms with Crippen molar-refractivity contribution in [3.05, 3.63) is 74.1 Å². The molecule has 2 aromatic carbocycles. The number of aryl methyl sites for hydroxylation is 2. The van der Waals surface area contributed by atoms with Gasteiger partial charge >= 0.3 is 0 Å². The third-order valence-corrected chi connectivity index (χ3v) is 4.75. The molecular weight excluding hydrogens is 351 g/mol. The largest absolute Gasteiger partial charge is 0.345 e. The first kappa shape index (κ1) is 16.4. The molecule has 2 nitrogen and oxygen atoms in total. The quantitative estimate of drug-likeness (QED) is 0.584. The molecule has 0 radical (unpaired) electrons. The van der Waals surface area contributed by atoms with E-state index in [0.29, 0.717) is 16.5 Å². The van der Waals surface area contributed by atoms with Crippen molar-refractivity contribution in [1.29, 1.82) is 0 Å². The van der Waals surface area contributed by atoms with E-state index in [9.17, 15) is 0 Å². The fourth-order valence-corrected chi connectivity index (χ4v) is 3.13. The number of aromatic nitrogens is 2. The Hall–Kier alpha value is -1.48. The van der Waals surface area contributed by atoms with Gasteiger partial charge in [-0.15, -0.1) is 0 Å². The minimum Gasteiger partial charge on any atom is -0.345 e. The van der Waals surface area contributed by atoms with Crippen molar-refractivity contribution in [2.75, 3.05) is 0 Å². The van der Waals surface area contributed by atoms with Gasteiger partial charge in [-0.05, 0) is 43.2 Å². The smallest absolute Gasteiger partial charge is 0.111 e. The molecule has 0 amide bonds. The number of halogens is 3. The molecule has 0 saturated carbocycles. The van der Waals surface area contributed by atoms with Crippen LogP contribution in [-0.2, 0) is 6.42 Å². The first-order valence-corrected chi connectivity index (χ1v) is 8.33. The number of rotatable bonds is 3. The van der Waals surface area contributed by atoms with Gasteiger partial charge in [-0.3, -0.25) is 0 Å². The fraction of sp³-hybridized carbons (Fsp3) is 0.167. The van der Waals surface area contributed by atoms with Crippen LogP contribution in [0.15, 0.2) is 36.4 Å². The lowest BCUT2D eigenvalue weighted by Gasteiger charge is -2.03. The molecule has 1 N–H and O–H groups in total. The molecule has 0 aliphatic carbocycles. The van der Waals surface area contributed by atoms with Crippen molar-refractivity contribution in [2.24, 2.45) is 0 Å². The van der Waals surface area contributed by atoms with Gasteiger partial charge < -0.3 is 4.98 Å². The van der Waals surface area contributed by atoms with Crippen LogP contribution in [0.3, 0.4) is 0 Å². The second-order valence-electron chi connectivity index (χ2n) is 5.53. The van der Waals surface area contributed by atoms with E-state index in [4.69, 9.17) is 39.8 Å². The van der Waals surface area contributed by atoms with Crippen LogP contribution in [0.25, 0.3) is 11.3 Å². The Labute approximate surface area is 150 Å². The molecule has 0 aliphatic heterocycles. The summed E-state index contributed by atoms with van der Waals surface area (Å²) < 4.78 is 0. The summed E-state index contributed by atoms with van der Waals surface area (Å²) in [6.07, 6.45) is 0.621. The van der Waals surface area contributed by atoms with Crippen molar-refractivity contribution < 1.29 is 0 Å². The molecule has 3 rings (SSSR count). The summed E-state index contributed by atoms with van der Waals surface area (Å²) in [7, 11) is 0. The molecule has 0 unspecified atom stereocenters. The summed E-state index contributed by atoms with van der Waals surface area (Å²) in [5, 5.41) is 2.02. The zero-order valence-electron chi connectivity index (χ0n) is 12.8. The van der Waals surface area contributed by atoms with Gasteiger partial charge in [0.25, 0.3) is 0 Å². The third kappa shape index (κ3) is 3.55. The van der Waals surface area contributed by atoms with Crippen LogP contribution in [0, 0.1) is 13.8 Å². The highest BCUT2D eigenvalue weighted by molar-refractivity contribution is 6.35. The molecule has 1 aromatic heterocycles. The van der Waals surface area contributed by atoms with Crippen molar-refractivity contribution >= 4 is 34.8 Å². The van der Waals surface area contributed by atoms with E-state index >= 15 is 0 Å². The highest BCUT2D eigenvalue weighted by Gasteiger charge is 2.12. The minimum absolute atomic E-state index is 0.621. The van der Waals surface area contributed by atoms with E-state index in [1.54, 1.807) is 6.07 Å². The van der Waals surface area contributed by atoms with Crippen molar-refractivity contribution in [3.8, 4) is 11.3 Å². The van der Waals surface area contributed by atoms with Gasteiger partial charge in [-0.2, -0.15) is 0 Å². The molecule has 0 atom stereocenters. The molecule has 0 fully saturated rings. The SMILES string of the molecule is Cc1ccc(-c2nc(Cc3ccc(Cl)cc3Cl)[nH]c2C)cc1Cl. The van der Waals surface area contributed by atoms with E-state index in [2.05, 4.69) is 4.98 Å². The normalized spacial score (nSPS) is 11.0. The summed E-state index contributed by atoms with van der Waals surface area (Å²) in [6.45, 7) is 3.99. The lowest BCUT2D eigenvalue weighted by molar-refractivity contribution is 1.02. The van der Waals surface area contributed by atoms with E-state index in [1.165, 1.54) is 0 Å². The van der Waals surface area contributed by atoms with E-state index in [1.807, 2.05) is 44.2 Å². The van der Waals surface area contributed by atoms with Crippen LogP contribution in [0.2, 0.25) is 15.1 Å². The molecule has 0 spiro atoms. The van der Waals surface area contributed by atoms with E-state index in [-0.39, 0.29) is 0 Å². The predicted octanol–water partition coefficient (Wildman–Crippen LogP) is 6.24. The lowest BCUT2D eigenvalue weighted by Crippen LogP contribution is -1.92. The molecule has 0 aliphatic rings. The number of benzene rings is 2. The number of nitrogens with one attached hydrogen (secondary N) is 1. The molecule has 23 heavy (non-hydrogen) atoms. The topological polar surface area (TPSA) is 28.7 Å². The average molecular weight is 366 g/mol. The second-order valence-corrected chi connectivity index (χ2v) is 6.78. The monoisotopic (exact) mass is 364 g/mol. The zero-order valence-corrected chi connectivity index (χ0v) is 15.0. The Kier molecular flexibility index (Phi) is 4.67. The van der Waals surface area contributed by atoms with Crippen molar-refractivity contribution in [1.82, 2.24) is 9.97 Å². The van der Waals surface area contributed by atoms with Crippen LogP contribution in [0.1, 0.15) is 22.6 Å².